The molecule has 2 aliphatic rings. The predicted octanol–water partition coefficient (Wildman–Crippen LogP) is 2.35. The number of hydrogen-bond acceptors (Lipinski definition) is 7. The molecule has 4 heterocycles. The van der Waals surface area contributed by atoms with Gasteiger partial charge in [0.2, 0.25) is 11.8 Å². The molecule has 11 nitrogen and oxygen atoms in total. The average molecular weight is 506 g/mol. The van der Waals surface area contributed by atoms with Gasteiger partial charge in [0.05, 0.1) is 12.6 Å². The van der Waals surface area contributed by atoms with Crippen molar-refractivity contribution in [2.24, 2.45) is 0 Å². The maximum atomic E-state index is 13.3. The molecular formula is C26H31N7O4. The third-order valence-electron chi connectivity index (χ3n) is 6.99. The van der Waals surface area contributed by atoms with Gasteiger partial charge < -0.3 is 19.5 Å². The smallest absolute Gasteiger partial charge is 0.276 e. The van der Waals surface area contributed by atoms with Crippen LogP contribution in [0.4, 0.5) is 0 Å². The van der Waals surface area contributed by atoms with Crippen LogP contribution in [0.15, 0.2) is 41.1 Å². The summed E-state index contributed by atoms with van der Waals surface area (Å²) in [7, 11) is 0. The van der Waals surface area contributed by atoms with Crippen molar-refractivity contribution in [2.75, 3.05) is 19.6 Å². The number of hydrogen-bond donors (Lipinski definition) is 1. The van der Waals surface area contributed by atoms with Crippen molar-refractivity contribution < 1.29 is 18.8 Å². The van der Waals surface area contributed by atoms with Gasteiger partial charge in [0, 0.05) is 31.6 Å². The fourth-order valence-corrected chi connectivity index (χ4v) is 5.02. The van der Waals surface area contributed by atoms with Crippen LogP contribution in [0.25, 0.3) is 11.4 Å². The summed E-state index contributed by atoms with van der Waals surface area (Å²) in [5.74, 6) is 1.08. The van der Waals surface area contributed by atoms with Crippen LogP contribution in [0.1, 0.15) is 60.7 Å². The highest BCUT2D eigenvalue weighted by atomic mass is 16.3. The lowest BCUT2D eigenvalue weighted by molar-refractivity contribution is -0.138. The van der Waals surface area contributed by atoms with E-state index in [9.17, 15) is 14.4 Å². The topological polar surface area (TPSA) is 126 Å². The SMILES string of the molecule is Cc1ocnc1C(=O)N1CCCC(=O)N2CCC[C@H]2C(=O)N[C@@H](C)c2nc(-c3ccccc3)nn2CC1. The largest absolute Gasteiger partial charge is 0.448 e. The van der Waals surface area contributed by atoms with Crippen LogP contribution in [-0.4, -0.2) is 72.9 Å². The molecule has 37 heavy (non-hydrogen) atoms. The lowest BCUT2D eigenvalue weighted by Gasteiger charge is -2.27. The Labute approximate surface area is 214 Å². The first kappa shape index (κ1) is 24.7. The highest BCUT2D eigenvalue weighted by Crippen LogP contribution is 2.23. The van der Waals surface area contributed by atoms with Crippen molar-refractivity contribution >= 4 is 17.7 Å². The minimum absolute atomic E-state index is 0.0677. The number of fused-ring (bicyclic) bond motifs is 2. The quantitative estimate of drug-likeness (QED) is 0.566. The Morgan fingerprint density at radius 1 is 1.08 bits per heavy atom. The zero-order valence-corrected chi connectivity index (χ0v) is 21.1. The second-order valence-electron chi connectivity index (χ2n) is 9.51. The molecule has 2 aromatic heterocycles. The Morgan fingerprint density at radius 2 is 1.89 bits per heavy atom. The molecule has 2 atom stereocenters. The van der Waals surface area contributed by atoms with E-state index in [-0.39, 0.29) is 29.8 Å². The van der Waals surface area contributed by atoms with Crippen molar-refractivity contribution in [1.29, 1.82) is 0 Å². The van der Waals surface area contributed by atoms with Crippen LogP contribution in [0, 0.1) is 6.92 Å². The molecule has 3 amide bonds. The zero-order chi connectivity index (χ0) is 25.9. The molecule has 194 valence electrons. The van der Waals surface area contributed by atoms with Crippen molar-refractivity contribution in [3.63, 3.8) is 0 Å². The van der Waals surface area contributed by atoms with E-state index in [2.05, 4.69) is 10.3 Å². The summed E-state index contributed by atoms with van der Waals surface area (Å²) in [5, 5.41) is 7.79. The van der Waals surface area contributed by atoms with E-state index in [0.717, 1.165) is 12.0 Å². The number of amides is 3. The van der Waals surface area contributed by atoms with Gasteiger partial charge in [0.15, 0.2) is 17.9 Å². The summed E-state index contributed by atoms with van der Waals surface area (Å²) in [6.45, 7) is 5.18. The summed E-state index contributed by atoms with van der Waals surface area (Å²) < 4.78 is 7.01. The first-order valence-electron chi connectivity index (χ1n) is 12.7. The van der Waals surface area contributed by atoms with Gasteiger partial charge in [-0.2, -0.15) is 5.10 Å². The van der Waals surface area contributed by atoms with Gasteiger partial charge in [-0.05, 0) is 33.1 Å². The summed E-state index contributed by atoms with van der Waals surface area (Å²) >= 11 is 0. The molecule has 1 fully saturated rings. The molecule has 1 saturated heterocycles. The van der Waals surface area contributed by atoms with Crippen LogP contribution < -0.4 is 5.32 Å². The Kier molecular flexibility index (Phi) is 7.02. The number of aromatic nitrogens is 4. The van der Waals surface area contributed by atoms with E-state index in [1.54, 1.807) is 21.4 Å². The van der Waals surface area contributed by atoms with Gasteiger partial charge in [-0.3, -0.25) is 14.4 Å². The van der Waals surface area contributed by atoms with E-state index in [1.165, 1.54) is 6.39 Å². The molecule has 2 aliphatic heterocycles. The van der Waals surface area contributed by atoms with Crippen molar-refractivity contribution in [3.05, 3.63) is 54.0 Å². The highest BCUT2D eigenvalue weighted by Gasteiger charge is 2.35. The normalized spacial score (nSPS) is 21.2. The summed E-state index contributed by atoms with van der Waals surface area (Å²) in [6, 6.07) is 8.68. The fraction of sp³-hybridized carbons (Fsp3) is 0.462. The minimum Gasteiger partial charge on any atom is -0.448 e. The molecule has 1 aromatic carbocycles. The summed E-state index contributed by atoms with van der Waals surface area (Å²) in [6.07, 6.45) is 3.40. The Morgan fingerprint density at radius 3 is 2.65 bits per heavy atom. The molecular weight excluding hydrogens is 474 g/mol. The van der Waals surface area contributed by atoms with Gasteiger partial charge >= 0.3 is 0 Å². The van der Waals surface area contributed by atoms with Gasteiger partial charge in [0.25, 0.3) is 5.91 Å². The monoisotopic (exact) mass is 505 g/mol. The first-order valence-corrected chi connectivity index (χ1v) is 12.7. The lowest BCUT2D eigenvalue weighted by atomic mass is 10.1. The van der Waals surface area contributed by atoms with E-state index in [4.69, 9.17) is 14.5 Å². The molecule has 0 spiro atoms. The number of carbonyl (C=O) groups excluding carboxylic acids is 3. The number of benzene rings is 1. The second-order valence-corrected chi connectivity index (χ2v) is 9.51. The van der Waals surface area contributed by atoms with Crippen molar-refractivity contribution in [3.8, 4) is 11.4 Å². The average Bonchev–Trinajstić information content (AvgIpc) is 3.65. The molecule has 0 unspecified atom stereocenters. The molecule has 1 N–H and O–H groups in total. The maximum Gasteiger partial charge on any atom is 0.276 e. The third-order valence-corrected chi connectivity index (χ3v) is 6.99. The molecule has 5 rings (SSSR count). The van der Waals surface area contributed by atoms with E-state index >= 15 is 0 Å². The van der Waals surface area contributed by atoms with Gasteiger partial charge in [0.1, 0.15) is 17.6 Å². The van der Waals surface area contributed by atoms with E-state index in [0.29, 0.717) is 56.4 Å². The molecule has 0 aliphatic carbocycles. The number of nitrogens with one attached hydrogen (secondary N) is 1. The Bertz CT molecular complexity index is 1290. The van der Waals surface area contributed by atoms with Crippen molar-refractivity contribution in [1.82, 2.24) is 34.9 Å². The molecule has 0 radical (unpaired) electrons. The van der Waals surface area contributed by atoms with Crippen LogP contribution in [-0.2, 0) is 16.1 Å². The highest BCUT2D eigenvalue weighted by molar-refractivity contribution is 5.93. The summed E-state index contributed by atoms with van der Waals surface area (Å²) in [5.41, 5.74) is 1.12. The molecule has 0 saturated carbocycles. The lowest BCUT2D eigenvalue weighted by Crippen LogP contribution is -2.47. The van der Waals surface area contributed by atoms with E-state index in [1.807, 2.05) is 37.3 Å². The number of oxazole rings is 1. The van der Waals surface area contributed by atoms with E-state index < -0.39 is 12.1 Å². The number of carbonyl (C=O) groups is 3. The number of rotatable bonds is 2. The van der Waals surface area contributed by atoms with Crippen LogP contribution in [0.3, 0.4) is 0 Å². The zero-order valence-electron chi connectivity index (χ0n) is 21.1. The second kappa shape index (κ2) is 10.5. The Hall–Kier alpha value is -4.02. The third kappa shape index (κ3) is 5.11. The van der Waals surface area contributed by atoms with Crippen LogP contribution in [0.2, 0.25) is 0 Å². The Balaban J connectivity index is 1.49. The maximum absolute atomic E-state index is 13.3. The first-order chi connectivity index (χ1) is 17.9. The van der Waals surface area contributed by atoms with Gasteiger partial charge in [-0.1, -0.05) is 30.3 Å². The van der Waals surface area contributed by atoms with Gasteiger partial charge in [-0.15, -0.1) is 0 Å². The van der Waals surface area contributed by atoms with Crippen molar-refractivity contribution in [2.45, 2.75) is 58.2 Å². The molecule has 0 bridgehead atoms. The number of nitrogens with zero attached hydrogens (tertiary/aromatic N) is 6. The number of aryl methyl sites for hydroxylation is 1. The molecule has 3 aromatic rings. The van der Waals surface area contributed by atoms with Gasteiger partial charge in [-0.25, -0.2) is 14.6 Å². The molecule has 11 heteroatoms. The minimum atomic E-state index is -0.502. The fourth-order valence-electron chi connectivity index (χ4n) is 5.02. The van der Waals surface area contributed by atoms with Crippen LogP contribution in [0.5, 0.6) is 0 Å². The standard InChI is InChI=1S/C26H31N7O4/c1-17-24-29-23(19-8-4-3-5-9-19)30-33(24)15-14-31(26(36)22-18(2)37-16-27-22)12-7-11-21(34)32-13-6-10-20(32)25(35)28-17/h3-5,8-9,16-17,20H,6-7,10-15H2,1-2H3,(H,28,35)/t17-,20-/m0/s1. The van der Waals surface area contributed by atoms with Crippen LogP contribution >= 0.6 is 0 Å². The predicted molar refractivity (Wildman–Crippen MR) is 133 cm³/mol. The summed E-state index contributed by atoms with van der Waals surface area (Å²) in [4.78, 5) is 51.7.